The molecular weight excluding hydrogens is 312 g/mol. The average molecular weight is 332 g/mol. The topological polar surface area (TPSA) is 101 Å². The number of aryl methyl sites for hydroxylation is 3. The Kier molecular flexibility index (Phi) is 4.13. The molecule has 1 amide bonds. The Morgan fingerprint density at radius 2 is 2.08 bits per heavy atom. The molecule has 8 heteroatoms. The van der Waals surface area contributed by atoms with Crippen LogP contribution in [-0.4, -0.2) is 42.7 Å². The summed E-state index contributed by atoms with van der Waals surface area (Å²) in [5.41, 5.74) is 0.976. The maximum absolute atomic E-state index is 12.8. The molecule has 3 heterocycles. The van der Waals surface area contributed by atoms with E-state index in [0.717, 1.165) is 17.7 Å². The molecule has 0 fully saturated rings. The molecule has 2 aromatic rings. The Labute approximate surface area is 139 Å². The fourth-order valence-electron chi connectivity index (χ4n) is 3.05. The Balaban J connectivity index is 1.95. The van der Waals surface area contributed by atoms with E-state index in [1.54, 1.807) is 17.6 Å². The molecule has 1 unspecified atom stereocenters. The normalized spacial score (nSPS) is 17.0. The molecule has 1 aliphatic heterocycles. The number of hydrogen-bond donors (Lipinski definition) is 1. The first-order valence-electron chi connectivity index (χ1n) is 8.00. The first-order chi connectivity index (χ1) is 11.5. The molecule has 2 aromatic heterocycles. The number of carboxylic acid groups (broad SMARTS) is 1. The lowest BCUT2D eigenvalue weighted by Gasteiger charge is -2.32. The molecule has 8 nitrogen and oxygen atoms in total. The fourth-order valence-corrected chi connectivity index (χ4v) is 3.05. The molecule has 0 radical (unpaired) electrons. The van der Waals surface area contributed by atoms with Gasteiger partial charge in [0.15, 0.2) is 11.6 Å². The minimum Gasteiger partial charge on any atom is -0.480 e. The van der Waals surface area contributed by atoms with Gasteiger partial charge in [0.2, 0.25) is 0 Å². The van der Waals surface area contributed by atoms with Crippen molar-refractivity contribution in [2.75, 3.05) is 0 Å². The Bertz CT molecular complexity index is 771. The highest BCUT2D eigenvalue weighted by molar-refractivity contribution is 5.94. The van der Waals surface area contributed by atoms with Crippen molar-refractivity contribution in [3.05, 3.63) is 34.8 Å². The summed E-state index contributed by atoms with van der Waals surface area (Å²) < 4.78 is 7.40. The summed E-state index contributed by atoms with van der Waals surface area (Å²) >= 11 is 0. The van der Waals surface area contributed by atoms with Crippen molar-refractivity contribution in [1.29, 1.82) is 0 Å². The summed E-state index contributed by atoms with van der Waals surface area (Å²) in [5.74, 6) is 0.686. The van der Waals surface area contributed by atoms with Gasteiger partial charge in [-0.25, -0.2) is 4.79 Å². The number of carbonyl (C=O) groups is 2. The molecule has 0 spiro atoms. The van der Waals surface area contributed by atoms with Crippen molar-refractivity contribution in [3.63, 3.8) is 0 Å². The van der Waals surface area contributed by atoms with E-state index in [-0.39, 0.29) is 18.8 Å². The number of furan rings is 1. The largest absolute Gasteiger partial charge is 0.480 e. The highest BCUT2D eigenvalue weighted by atomic mass is 16.4. The average Bonchev–Trinajstić information content (AvgIpc) is 3.16. The van der Waals surface area contributed by atoms with Gasteiger partial charge in [-0.3, -0.25) is 4.79 Å². The van der Waals surface area contributed by atoms with Gasteiger partial charge in [0.25, 0.3) is 5.91 Å². The molecule has 0 bridgehead atoms. The number of amides is 1. The van der Waals surface area contributed by atoms with Gasteiger partial charge in [0, 0.05) is 6.42 Å². The maximum Gasteiger partial charge on any atom is 0.328 e. The van der Waals surface area contributed by atoms with Crippen LogP contribution in [0.4, 0.5) is 0 Å². The highest BCUT2D eigenvalue weighted by Gasteiger charge is 2.38. The van der Waals surface area contributed by atoms with E-state index in [1.165, 1.54) is 4.90 Å². The molecule has 1 atom stereocenters. The number of carboxylic acids is 1. The van der Waals surface area contributed by atoms with Crippen molar-refractivity contribution in [2.24, 2.45) is 0 Å². The van der Waals surface area contributed by atoms with Gasteiger partial charge in [-0.2, -0.15) is 0 Å². The fraction of sp³-hybridized carbons (Fsp3) is 0.500. The number of fused-ring (bicyclic) bond motifs is 1. The second-order valence-corrected chi connectivity index (χ2v) is 5.83. The van der Waals surface area contributed by atoms with Crippen LogP contribution in [0.15, 0.2) is 10.5 Å². The minimum atomic E-state index is -1.06. The molecular formula is C16H20N4O4. The molecule has 0 aliphatic carbocycles. The van der Waals surface area contributed by atoms with Crippen molar-refractivity contribution in [1.82, 2.24) is 19.7 Å². The third-order valence-electron chi connectivity index (χ3n) is 4.41. The van der Waals surface area contributed by atoms with E-state index in [9.17, 15) is 14.7 Å². The van der Waals surface area contributed by atoms with Crippen LogP contribution in [0.25, 0.3) is 0 Å². The Morgan fingerprint density at radius 3 is 2.67 bits per heavy atom. The van der Waals surface area contributed by atoms with Crippen LogP contribution >= 0.6 is 0 Å². The zero-order valence-corrected chi connectivity index (χ0v) is 13.9. The first-order valence-corrected chi connectivity index (χ1v) is 8.00. The molecule has 0 saturated heterocycles. The van der Waals surface area contributed by atoms with Crippen LogP contribution in [0.3, 0.4) is 0 Å². The van der Waals surface area contributed by atoms with E-state index in [2.05, 4.69) is 10.2 Å². The van der Waals surface area contributed by atoms with E-state index in [1.807, 2.05) is 13.8 Å². The van der Waals surface area contributed by atoms with Gasteiger partial charge in [-0.1, -0.05) is 13.8 Å². The van der Waals surface area contributed by atoms with Crippen LogP contribution in [-0.2, 0) is 30.7 Å². The van der Waals surface area contributed by atoms with Gasteiger partial charge >= 0.3 is 5.97 Å². The summed E-state index contributed by atoms with van der Waals surface area (Å²) in [7, 11) is 0. The Morgan fingerprint density at radius 1 is 1.33 bits per heavy atom. The molecule has 0 saturated carbocycles. The van der Waals surface area contributed by atoms with Gasteiger partial charge in [0.05, 0.1) is 13.1 Å². The van der Waals surface area contributed by atoms with Crippen LogP contribution in [0.1, 0.15) is 47.4 Å². The number of carbonyl (C=O) groups excluding carboxylic acids is 1. The van der Waals surface area contributed by atoms with Gasteiger partial charge < -0.3 is 19.0 Å². The van der Waals surface area contributed by atoms with Crippen LogP contribution in [0.2, 0.25) is 0 Å². The lowest BCUT2D eigenvalue weighted by molar-refractivity contribution is -0.143. The smallest absolute Gasteiger partial charge is 0.328 e. The van der Waals surface area contributed by atoms with Crippen LogP contribution in [0.5, 0.6) is 0 Å². The molecule has 1 aliphatic rings. The van der Waals surface area contributed by atoms with Crippen molar-refractivity contribution >= 4 is 11.9 Å². The molecule has 24 heavy (non-hydrogen) atoms. The van der Waals surface area contributed by atoms with Crippen LogP contribution < -0.4 is 0 Å². The summed E-state index contributed by atoms with van der Waals surface area (Å²) in [6.07, 6.45) is 1.45. The van der Waals surface area contributed by atoms with Gasteiger partial charge in [-0.15, -0.1) is 10.2 Å². The quantitative estimate of drug-likeness (QED) is 0.908. The summed E-state index contributed by atoms with van der Waals surface area (Å²) in [5, 5.41) is 17.5. The van der Waals surface area contributed by atoms with Crippen molar-refractivity contribution in [2.45, 2.75) is 52.7 Å². The second-order valence-electron chi connectivity index (χ2n) is 5.83. The molecule has 3 rings (SSSR count). The molecule has 1 N–H and O–H groups in total. The van der Waals surface area contributed by atoms with E-state index in [0.29, 0.717) is 18.1 Å². The van der Waals surface area contributed by atoms with E-state index < -0.39 is 17.9 Å². The highest BCUT2D eigenvalue weighted by Crippen LogP contribution is 2.24. The number of nitrogens with zero attached hydrogens (tertiary/aromatic N) is 4. The molecule has 128 valence electrons. The van der Waals surface area contributed by atoms with Gasteiger partial charge in [0.1, 0.15) is 17.6 Å². The number of hydrogen-bond acceptors (Lipinski definition) is 5. The van der Waals surface area contributed by atoms with E-state index in [4.69, 9.17) is 4.42 Å². The SMILES string of the molecule is CCc1cc(C(=O)N2Cc3nnc(C)n3CC2C(=O)O)oc1CC. The predicted molar refractivity (Wildman–Crippen MR) is 83.5 cm³/mol. The van der Waals surface area contributed by atoms with Gasteiger partial charge in [-0.05, 0) is 25.0 Å². The third-order valence-corrected chi connectivity index (χ3v) is 4.41. The standard InChI is InChI=1S/C16H20N4O4/c1-4-10-6-13(24-12(10)5-2)15(21)20-8-14-18-17-9(3)19(14)7-11(20)16(22)23/h6,11H,4-5,7-8H2,1-3H3,(H,22,23). The zero-order chi connectivity index (χ0) is 17.4. The Hall–Kier alpha value is -2.64. The maximum atomic E-state index is 12.8. The lowest BCUT2D eigenvalue weighted by atomic mass is 10.1. The number of rotatable bonds is 4. The summed E-state index contributed by atoms with van der Waals surface area (Å²) in [6, 6.07) is 0.741. The number of aromatic nitrogens is 3. The van der Waals surface area contributed by atoms with Crippen molar-refractivity contribution in [3.8, 4) is 0 Å². The summed E-state index contributed by atoms with van der Waals surface area (Å²) in [4.78, 5) is 25.8. The van der Waals surface area contributed by atoms with Crippen LogP contribution in [0, 0.1) is 6.92 Å². The predicted octanol–water partition coefficient (Wildman–Crippen LogP) is 1.41. The van der Waals surface area contributed by atoms with E-state index >= 15 is 0 Å². The third kappa shape index (κ3) is 2.57. The first kappa shape index (κ1) is 16.2. The monoisotopic (exact) mass is 332 g/mol. The minimum absolute atomic E-state index is 0.0975. The zero-order valence-electron chi connectivity index (χ0n) is 13.9. The second kappa shape index (κ2) is 6.10. The number of aliphatic carboxylic acids is 1. The lowest BCUT2D eigenvalue weighted by Crippen LogP contribution is -2.50. The summed E-state index contributed by atoms with van der Waals surface area (Å²) in [6.45, 7) is 5.95. The molecule has 0 aromatic carbocycles. The van der Waals surface area contributed by atoms with Crippen molar-refractivity contribution < 1.29 is 19.1 Å².